The van der Waals surface area contributed by atoms with E-state index in [0.29, 0.717) is 18.3 Å². The minimum atomic E-state index is -0.600. The number of methoxy groups -OCH3 is 2. The molecule has 0 saturated carbocycles. The fourth-order valence-electron chi connectivity index (χ4n) is 2.43. The number of rotatable bonds is 7. The van der Waals surface area contributed by atoms with Gasteiger partial charge in [0, 0.05) is 12.6 Å². The molecule has 140 valence electrons. The van der Waals surface area contributed by atoms with E-state index >= 15 is 0 Å². The van der Waals surface area contributed by atoms with E-state index in [9.17, 15) is 4.79 Å². The summed E-state index contributed by atoms with van der Waals surface area (Å²) in [7, 11) is 4.91. The summed E-state index contributed by atoms with van der Waals surface area (Å²) in [5, 5.41) is 6.40. The predicted octanol–water partition coefficient (Wildman–Crippen LogP) is 1.82. The quantitative estimate of drug-likeness (QED) is 0.513. The summed E-state index contributed by atoms with van der Waals surface area (Å²) in [4.78, 5) is 15.3. The summed E-state index contributed by atoms with van der Waals surface area (Å²) in [6.45, 7) is 2.34. The second-order valence-electron chi connectivity index (χ2n) is 5.53. The molecule has 1 unspecified atom stereocenters. The second kappa shape index (κ2) is 8.80. The summed E-state index contributed by atoms with van der Waals surface area (Å²) >= 11 is 0. The van der Waals surface area contributed by atoms with Crippen molar-refractivity contribution in [2.24, 2.45) is 10.7 Å². The number of carbonyl (C=O) groups excluding carboxylic acids is 1. The highest BCUT2D eigenvalue weighted by Gasteiger charge is 2.15. The minimum Gasteiger partial charge on any atom is -0.497 e. The van der Waals surface area contributed by atoms with Crippen molar-refractivity contribution in [3.8, 4) is 11.5 Å². The standard InChI is InChI=1S/C18H24N4O4/c1-11(14-9-12(24-3)5-7-15(14)25-4)22-18(20-2)21-10-13-6-8-16(26-13)17(19)23/h5-9,11H,10H2,1-4H3,(H2,19,23)(H2,20,21,22). The van der Waals surface area contributed by atoms with Crippen LogP contribution in [0.3, 0.4) is 0 Å². The lowest BCUT2D eigenvalue weighted by Crippen LogP contribution is -2.38. The zero-order valence-electron chi connectivity index (χ0n) is 15.3. The Balaban J connectivity index is 2.03. The van der Waals surface area contributed by atoms with Gasteiger partial charge in [0.25, 0.3) is 5.91 Å². The van der Waals surface area contributed by atoms with Crippen molar-refractivity contribution in [1.29, 1.82) is 0 Å². The Morgan fingerprint density at radius 3 is 2.62 bits per heavy atom. The van der Waals surface area contributed by atoms with Gasteiger partial charge in [0.15, 0.2) is 11.7 Å². The molecule has 0 aliphatic rings. The van der Waals surface area contributed by atoms with Gasteiger partial charge >= 0.3 is 0 Å². The van der Waals surface area contributed by atoms with E-state index in [4.69, 9.17) is 19.6 Å². The molecule has 8 heteroatoms. The van der Waals surface area contributed by atoms with Gasteiger partial charge in [-0.3, -0.25) is 9.79 Å². The van der Waals surface area contributed by atoms with E-state index in [2.05, 4.69) is 15.6 Å². The molecule has 1 atom stereocenters. The molecule has 8 nitrogen and oxygen atoms in total. The van der Waals surface area contributed by atoms with Gasteiger partial charge in [-0.05, 0) is 37.3 Å². The zero-order chi connectivity index (χ0) is 19.1. The average molecular weight is 360 g/mol. The van der Waals surface area contributed by atoms with Crippen molar-refractivity contribution in [1.82, 2.24) is 10.6 Å². The third-order valence-corrected chi connectivity index (χ3v) is 3.81. The number of primary amides is 1. The zero-order valence-corrected chi connectivity index (χ0v) is 15.3. The smallest absolute Gasteiger partial charge is 0.284 e. The fourth-order valence-corrected chi connectivity index (χ4v) is 2.43. The number of nitrogens with two attached hydrogens (primary N) is 1. The summed E-state index contributed by atoms with van der Waals surface area (Å²) in [5.74, 6) is 2.16. The number of hydrogen-bond acceptors (Lipinski definition) is 5. The highest BCUT2D eigenvalue weighted by atomic mass is 16.5. The second-order valence-corrected chi connectivity index (χ2v) is 5.53. The van der Waals surface area contributed by atoms with Crippen molar-refractivity contribution in [3.63, 3.8) is 0 Å². The first-order chi connectivity index (χ1) is 12.5. The summed E-state index contributed by atoms with van der Waals surface area (Å²) < 4.78 is 16.0. The van der Waals surface area contributed by atoms with Gasteiger partial charge in [-0.2, -0.15) is 0 Å². The van der Waals surface area contributed by atoms with E-state index in [-0.39, 0.29) is 11.8 Å². The number of furan rings is 1. The molecule has 0 spiro atoms. The molecule has 0 saturated heterocycles. The van der Waals surface area contributed by atoms with Crippen LogP contribution in [0.1, 0.15) is 34.8 Å². The number of ether oxygens (including phenoxy) is 2. The number of aliphatic imine (C=N–C) groups is 1. The molecular weight excluding hydrogens is 336 g/mol. The molecule has 0 aliphatic carbocycles. The van der Waals surface area contributed by atoms with Gasteiger partial charge < -0.3 is 30.3 Å². The molecule has 0 bridgehead atoms. The molecule has 26 heavy (non-hydrogen) atoms. The number of nitrogens with zero attached hydrogens (tertiary/aromatic N) is 1. The molecule has 4 N–H and O–H groups in total. The van der Waals surface area contributed by atoms with E-state index < -0.39 is 5.91 Å². The van der Waals surface area contributed by atoms with Crippen LogP contribution >= 0.6 is 0 Å². The third-order valence-electron chi connectivity index (χ3n) is 3.81. The maximum Gasteiger partial charge on any atom is 0.284 e. The summed E-state index contributed by atoms with van der Waals surface area (Å²) in [6, 6.07) is 8.75. The maximum atomic E-state index is 11.1. The largest absolute Gasteiger partial charge is 0.497 e. The number of hydrogen-bond donors (Lipinski definition) is 3. The summed E-state index contributed by atoms with van der Waals surface area (Å²) in [6.07, 6.45) is 0. The van der Waals surface area contributed by atoms with Crippen molar-refractivity contribution >= 4 is 11.9 Å². The van der Waals surface area contributed by atoms with Crippen molar-refractivity contribution in [2.45, 2.75) is 19.5 Å². The first kappa shape index (κ1) is 19.2. The predicted molar refractivity (Wildman–Crippen MR) is 98.5 cm³/mol. The molecule has 1 aromatic carbocycles. The van der Waals surface area contributed by atoms with Crippen LogP contribution in [0.15, 0.2) is 39.7 Å². The molecule has 2 rings (SSSR count). The monoisotopic (exact) mass is 360 g/mol. The van der Waals surface area contributed by atoms with E-state index in [1.54, 1.807) is 33.4 Å². The van der Waals surface area contributed by atoms with Crippen LogP contribution in [0.2, 0.25) is 0 Å². The van der Waals surface area contributed by atoms with Gasteiger partial charge in [-0.1, -0.05) is 0 Å². The molecule has 1 heterocycles. The number of guanidine groups is 1. The van der Waals surface area contributed by atoms with E-state index in [1.165, 1.54) is 0 Å². The van der Waals surface area contributed by atoms with Crippen molar-refractivity contribution in [3.05, 3.63) is 47.4 Å². The Morgan fingerprint density at radius 2 is 2.04 bits per heavy atom. The highest BCUT2D eigenvalue weighted by Crippen LogP contribution is 2.29. The van der Waals surface area contributed by atoms with Gasteiger partial charge in [0.05, 0.1) is 26.8 Å². The van der Waals surface area contributed by atoms with Crippen molar-refractivity contribution < 1.29 is 18.7 Å². The SMILES string of the molecule is CN=C(NCc1ccc(C(N)=O)o1)NC(C)c1cc(OC)ccc1OC. The first-order valence-electron chi connectivity index (χ1n) is 8.06. The van der Waals surface area contributed by atoms with Crippen LogP contribution in [-0.4, -0.2) is 33.1 Å². The number of benzene rings is 1. The van der Waals surface area contributed by atoms with Gasteiger partial charge in [0.2, 0.25) is 0 Å². The lowest BCUT2D eigenvalue weighted by molar-refractivity contribution is 0.0972. The molecule has 0 aliphatic heterocycles. The Bertz CT molecular complexity index is 785. The molecule has 1 aromatic heterocycles. The normalized spacial score (nSPS) is 12.4. The van der Waals surface area contributed by atoms with Crippen LogP contribution in [0.4, 0.5) is 0 Å². The van der Waals surface area contributed by atoms with Crippen LogP contribution in [0.5, 0.6) is 11.5 Å². The molecule has 2 aromatic rings. The van der Waals surface area contributed by atoms with Crippen LogP contribution < -0.4 is 25.8 Å². The Morgan fingerprint density at radius 1 is 1.27 bits per heavy atom. The van der Waals surface area contributed by atoms with Crippen LogP contribution in [0.25, 0.3) is 0 Å². The lowest BCUT2D eigenvalue weighted by Gasteiger charge is -2.20. The first-order valence-corrected chi connectivity index (χ1v) is 8.06. The number of carbonyl (C=O) groups is 1. The minimum absolute atomic E-state index is 0.0935. The highest BCUT2D eigenvalue weighted by molar-refractivity contribution is 5.89. The average Bonchev–Trinajstić information content (AvgIpc) is 3.13. The Hall–Kier alpha value is -3.16. The van der Waals surface area contributed by atoms with Crippen molar-refractivity contribution in [2.75, 3.05) is 21.3 Å². The lowest BCUT2D eigenvalue weighted by atomic mass is 10.1. The fraction of sp³-hybridized carbons (Fsp3) is 0.333. The maximum absolute atomic E-state index is 11.1. The molecular formula is C18H24N4O4. The van der Waals surface area contributed by atoms with Gasteiger partial charge in [-0.15, -0.1) is 0 Å². The van der Waals surface area contributed by atoms with Gasteiger partial charge in [0.1, 0.15) is 17.3 Å². The molecule has 1 amide bonds. The summed E-state index contributed by atoms with van der Waals surface area (Å²) in [5.41, 5.74) is 6.11. The van der Waals surface area contributed by atoms with E-state index in [1.807, 2.05) is 25.1 Å². The Labute approximate surface area is 152 Å². The molecule has 0 radical (unpaired) electrons. The third kappa shape index (κ3) is 4.69. The van der Waals surface area contributed by atoms with E-state index in [0.717, 1.165) is 17.1 Å². The van der Waals surface area contributed by atoms with Crippen LogP contribution in [0, 0.1) is 0 Å². The number of amides is 1. The number of nitrogens with one attached hydrogen (secondary N) is 2. The molecule has 0 fully saturated rings. The van der Waals surface area contributed by atoms with Crippen LogP contribution in [-0.2, 0) is 6.54 Å². The van der Waals surface area contributed by atoms with Gasteiger partial charge in [-0.25, -0.2) is 0 Å². The Kier molecular flexibility index (Phi) is 6.48. The topological polar surface area (TPSA) is 111 Å².